The summed E-state index contributed by atoms with van der Waals surface area (Å²) in [5.41, 5.74) is 0.270. The van der Waals surface area contributed by atoms with Crippen molar-refractivity contribution in [2.75, 3.05) is 39.3 Å². The highest BCUT2D eigenvalue weighted by Crippen LogP contribution is 2.18. The molecule has 1 atom stereocenters. The van der Waals surface area contributed by atoms with E-state index in [0.29, 0.717) is 6.54 Å². The summed E-state index contributed by atoms with van der Waals surface area (Å²) in [6, 6.07) is -0.883. The van der Waals surface area contributed by atoms with Crippen molar-refractivity contribution < 1.29 is 17.7 Å². The standard InChI is InChI=1S/C14H25N5O4S/c1-10-13(12(3)23-17-10)24(21,22)18-11(2)14(20)16-6-9-19-7-4-15-5-8-19/h11,15,18H,4-9H2,1-3H3,(H,16,20). The van der Waals surface area contributed by atoms with Crippen LogP contribution in [0.15, 0.2) is 9.42 Å². The van der Waals surface area contributed by atoms with Gasteiger partial charge in [0.1, 0.15) is 10.6 Å². The van der Waals surface area contributed by atoms with E-state index in [2.05, 4.69) is 25.4 Å². The van der Waals surface area contributed by atoms with Gasteiger partial charge >= 0.3 is 0 Å². The first-order valence-electron chi connectivity index (χ1n) is 7.97. The van der Waals surface area contributed by atoms with Gasteiger partial charge in [-0.15, -0.1) is 0 Å². The monoisotopic (exact) mass is 359 g/mol. The number of amides is 1. The lowest BCUT2D eigenvalue weighted by atomic mass is 10.3. The van der Waals surface area contributed by atoms with Gasteiger partial charge in [0.15, 0.2) is 5.76 Å². The molecule has 1 saturated heterocycles. The minimum absolute atomic E-state index is 0.0111. The lowest BCUT2D eigenvalue weighted by Gasteiger charge is -2.27. The number of piperazine rings is 1. The summed E-state index contributed by atoms with van der Waals surface area (Å²) in [5.74, 6) is -0.160. The topological polar surface area (TPSA) is 117 Å². The molecule has 1 aliphatic rings. The van der Waals surface area contributed by atoms with Crippen molar-refractivity contribution in [2.24, 2.45) is 0 Å². The number of carbonyl (C=O) groups excluding carboxylic acids is 1. The van der Waals surface area contributed by atoms with E-state index < -0.39 is 16.1 Å². The van der Waals surface area contributed by atoms with Crippen molar-refractivity contribution in [1.82, 2.24) is 25.4 Å². The highest BCUT2D eigenvalue weighted by Gasteiger charge is 2.28. The van der Waals surface area contributed by atoms with E-state index in [1.807, 2.05) is 0 Å². The molecule has 0 spiro atoms. The van der Waals surface area contributed by atoms with E-state index in [-0.39, 0.29) is 22.3 Å². The van der Waals surface area contributed by atoms with Gasteiger partial charge < -0.3 is 15.2 Å². The Morgan fingerprint density at radius 3 is 2.62 bits per heavy atom. The fourth-order valence-corrected chi connectivity index (χ4v) is 4.16. The summed E-state index contributed by atoms with van der Waals surface area (Å²) in [5, 5.41) is 9.65. The molecule has 136 valence electrons. The SMILES string of the molecule is Cc1noc(C)c1S(=O)(=O)NC(C)C(=O)NCCN1CCNCC1. The molecule has 3 N–H and O–H groups in total. The summed E-state index contributed by atoms with van der Waals surface area (Å²) in [7, 11) is -3.85. The van der Waals surface area contributed by atoms with E-state index in [9.17, 15) is 13.2 Å². The third-order valence-electron chi connectivity index (χ3n) is 3.90. The van der Waals surface area contributed by atoms with Crippen molar-refractivity contribution in [3.05, 3.63) is 11.5 Å². The van der Waals surface area contributed by atoms with Gasteiger partial charge in [0, 0.05) is 39.3 Å². The molecule has 1 fully saturated rings. The number of hydrogen-bond donors (Lipinski definition) is 3. The maximum absolute atomic E-state index is 12.4. The molecular weight excluding hydrogens is 334 g/mol. The van der Waals surface area contributed by atoms with Crippen molar-refractivity contribution in [3.8, 4) is 0 Å². The second-order valence-electron chi connectivity index (χ2n) is 5.88. The number of hydrogen-bond acceptors (Lipinski definition) is 7. The van der Waals surface area contributed by atoms with Gasteiger partial charge in [-0.2, -0.15) is 4.72 Å². The lowest BCUT2D eigenvalue weighted by Crippen LogP contribution is -2.49. The normalized spacial score (nSPS) is 17.6. The lowest BCUT2D eigenvalue weighted by molar-refractivity contribution is -0.122. The molecule has 0 aliphatic carbocycles. The molecule has 1 aliphatic heterocycles. The van der Waals surface area contributed by atoms with Gasteiger partial charge in [-0.3, -0.25) is 9.69 Å². The summed E-state index contributed by atoms with van der Waals surface area (Å²) < 4.78 is 32.0. The second-order valence-corrected chi connectivity index (χ2v) is 7.53. The predicted molar refractivity (Wildman–Crippen MR) is 88.1 cm³/mol. The Morgan fingerprint density at radius 2 is 2.04 bits per heavy atom. The van der Waals surface area contributed by atoms with Crippen LogP contribution in [-0.4, -0.2) is 69.7 Å². The van der Waals surface area contributed by atoms with Crippen molar-refractivity contribution in [3.63, 3.8) is 0 Å². The van der Waals surface area contributed by atoms with Gasteiger partial charge in [-0.1, -0.05) is 5.16 Å². The Balaban J connectivity index is 1.84. The van der Waals surface area contributed by atoms with Crippen LogP contribution in [0.25, 0.3) is 0 Å². The quantitative estimate of drug-likeness (QED) is 0.570. The Hall–Kier alpha value is -1.49. The number of rotatable bonds is 7. The Labute approximate surface area is 142 Å². The van der Waals surface area contributed by atoms with Crippen LogP contribution < -0.4 is 15.4 Å². The Kier molecular flexibility index (Phi) is 6.33. The zero-order valence-corrected chi connectivity index (χ0v) is 15.1. The highest BCUT2D eigenvalue weighted by molar-refractivity contribution is 7.89. The third-order valence-corrected chi connectivity index (χ3v) is 5.68. The average molecular weight is 359 g/mol. The molecule has 9 nitrogen and oxygen atoms in total. The number of carbonyl (C=O) groups is 1. The second kappa shape index (κ2) is 8.06. The van der Waals surface area contributed by atoms with E-state index >= 15 is 0 Å². The van der Waals surface area contributed by atoms with Crippen LogP contribution in [0.3, 0.4) is 0 Å². The molecular formula is C14H25N5O4S. The molecule has 1 unspecified atom stereocenters. The number of nitrogens with one attached hydrogen (secondary N) is 3. The maximum atomic E-state index is 12.4. The summed E-state index contributed by atoms with van der Waals surface area (Å²) in [6.07, 6.45) is 0. The summed E-state index contributed by atoms with van der Waals surface area (Å²) in [6.45, 7) is 9.59. The molecule has 10 heteroatoms. The fraction of sp³-hybridized carbons (Fsp3) is 0.714. The Morgan fingerprint density at radius 1 is 1.38 bits per heavy atom. The first-order valence-corrected chi connectivity index (χ1v) is 9.45. The molecule has 0 bridgehead atoms. The van der Waals surface area contributed by atoms with E-state index in [1.165, 1.54) is 13.8 Å². The molecule has 0 radical (unpaired) electrons. The van der Waals surface area contributed by atoms with E-state index in [4.69, 9.17) is 4.52 Å². The summed E-state index contributed by atoms with van der Waals surface area (Å²) in [4.78, 5) is 14.3. The van der Waals surface area contributed by atoms with Gasteiger partial charge in [0.05, 0.1) is 6.04 Å². The molecule has 1 aromatic heterocycles. The van der Waals surface area contributed by atoms with E-state index in [1.54, 1.807) is 6.92 Å². The molecule has 0 saturated carbocycles. The van der Waals surface area contributed by atoms with E-state index in [0.717, 1.165) is 32.7 Å². The molecule has 24 heavy (non-hydrogen) atoms. The molecule has 2 heterocycles. The number of nitrogens with zero attached hydrogens (tertiary/aromatic N) is 2. The molecule has 1 aromatic rings. The molecule has 0 aromatic carbocycles. The Bertz CT molecular complexity index is 647. The van der Waals surface area contributed by atoms with Gasteiger partial charge in [0.2, 0.25) is 15.9 Å². The highest BCUT2D eigenvalue weighted by atomic mass is 32.2. The number of aryl methyl sites for hydroxylation is 2. The fourth-order valence-electron chi connectivity index (χ4n) is 2.63. The van der Waals surface area contributed by atoms with Crippen LogP contribution in [0.2, 0.25) is 0 Å². The number of aromatic nitrogens is 1. The first-order chi connectivity index (χ1) is 11.3. The van der Waals surface area contributed by atoms with Crippen LogP contribution >= 0.6 is 0 Å². The van der Waals surface area contributed by atoms with Crippen LogP contribution in [-0.2, 0) is 14.8 Å². The summed E-state index contributed by atoms with van der Waals surface area (Å²) >= 11 is 0. The van der Waals surface area contributed by atoms with Crippen LogP contribution in [0.1, 0.15) is 18.4 Å². The third kappa shape index (κ3) is 4.76. The minimum atomic E-state index is -3.85. The number of sulfonamides is 1. The average Bonchev–Trinajstić information content (AvgIpc) is 2.87. The smallest absolute Gasteiger partial charge is 0.246 e. The van der Waals surface area contributed by atoms with Gasteiger partial charge in [-0.05, 0) is 20.8 Å². The molecule has 2 rings (SSSR count). The largest absolute Gasteiger partial charge is 0.360 e. The zero-order valence-electron chi connectivity index (χ0n) is 14.3. The van der Waals surface area contributed by atoms with Crippen LogP contribution in [0, 0.1) is 13.8 Å². The van der Waals surface area contributed by atoms with Crippen molar-refractivity contribution >= 4 is 15.9 Å². The first kappa shape index (κ1) is 18.8. The van der Waals surface area contributed by atoms with Crippen molar-refractivity contribution in [2.45, 2.75) is 31.7 Å². The van der Waals surface area contributed by atoms with Crippen LogP contribution in [0.5, 0.6) is 0 Å². The van der Waals surface area contributed by atoms with Gasteiger partial charge in [-0.25, -0.2) is 8.42 Å². The zero-order chi connectivity index (χ0) is 17.7. The predicted octanol–water partition coefficient (Wildman–Crippen LogP) is -1.02. The van der Waals surface area contributed by atoms with Crippen LogP contribution in [0.4, 0.5) is 0 Å². The van der Waals surface area contributed by atoms with Gasteiger partial charge in [0.25, 0.3) is 0 Å². The minimum Gasteiger partial charge on any atom is -0.360 e. The molecule has 1 amide bonds. The van der Waals surface area contributed by atoms with Crippen molar-refractivity contribution in [1.29, 1.82) is 0 Å². The maximum Gasteiger partial charge on any atom is 0.246 e.